The van der Waals surface area contributed by atoms with Crippen LogP contribution in [0.1, 0.15) is 32.3 Å². The van der Waals surface area contributed by atoms with E-state index in [4.69, 9.17) is 11.6 Å². The van der Waals surface area contributed by atoms with E-state index in [0.29, 0.717) is 16.8 Å². The molecule has 1 fully saturated rings. The second kappa shape index (κ2) is 5.28. The smallest absolute Gasteiger partial charge is 0.121 e. The average Bonchev–Trinajstić information content (AvgIpc) is 2.28. The van der Waals surface area contributed by atoms with Crippen LogP contribution in [0.15, 0.2) is 18.2 Å². The van der Waals surface area contributed by atoms with Gasteiger partial charge in [-0.05, 0) is 37.8 Å². The zero-order valence-electron chi connectivity index (χ0n) is 10.5. The van der Waals surface area contributed by atoms with E-state index in [2.05, 4.69) is 18.7 Å². The number of phenols is 1. The van der Waals surface area contributed by atoms with Crippen molar-refractivity contribution in [3.8, 4) is 5.75 Å². The Morgan fingerprint density at radius 1 is 1.35 bits per heavy atom. The van der Waals surface area contributed by atoms with Gasteiger partial charge in [-0.1, -0.05) is 24.6 Å². The fourth-order valence-corrected chi connectivity index (χ4v) is 2.74. The van der Waals surface area contributed by atoms with Crippen molar-refractivity contribution in [2.75, 3.05) is 6.54 Å². The summed E-state index contributed by atoms with van der Waals surface area (Å²) < 4.78 is 0. The fraction of sp³-hybridized carbons (Fsp3) is 0.571. The van der Waals surface area contributed by atoms with E-state index < -0.39 is 0 Å². The van der Waals surface area contributed by atoms with Gasteiger partial charge in [-0.15, -0.1) is 0 Å². The number of nitrogens with zero attached hydrogens (tertiary/aromatic N) is 1. The summed E-state index contributed by atoms with van der Waals surface area (Å²) in [5.41, 5.74) is 0.857. The van der Waals surface area contributed by atoms with Crippen LogP contribution in [-0.2, 0) is 6.54 Å². The van der Waals surface area contributed by atoms with Crippen LogP contribution in [0, 0.1) is 5.92 Å². The molecule has 17 heavy (non-hydrogen) atoms. The molecule has 2 rings (SSSR count). The van der Waals surface area contributed by atoms with Gasteiger partial charge < -0.3 is 5.11 Å². The molecule has 0 saturated carbocycles. The molecular weight excluding hydrogens is 234 g/mol. The Bertz CT molecular complexity index is 374. The van der Waals surface area contributed by atoms with Crippen LogP contribution >= 0.6 is 11.6 Å². The van der Waals surface area contributed by atoms with E-state index in [1.165, 1.54) is 12.8 Å². The molecule has 0 spiro atoms. The summed E-state index contributed by atoms with van der Waals surface area (Å²) in [7, 11) is 0. The van der Waals surface area contributed by atoms with E-state index in [1.54, 1.807) is 12.1 Å². The third-order valence-corrected chi connectivity index (χ3v) is 4.06. The lowest BCUT2D eigenvalue weighted by Crippen LogP contribution is -2.40. The Kier molecular flexibility index (Phi) is 3.95. The Balaban J connectivity index is 2.14. The minimum absolute atomic E-state index is 0.308. The van der Waals surface area contributed by atoms with Crippen molar-refractivity contribution >= 4 is 11.6 Å². The third kappa shape index (κ3) is 2.93. The van der Waals surface area contributed by atoms with Gasteiger partial charge in [0.25, 0.3) is 0 Å². The molecule has 0 bridgehead atoms. The van der Waals surface area contributed by atoms with Crippen molar-refractivity contribution in [2.45, 2.75) is 39.3 Å². The molecule has 1 aliphatic heterocycles. The summed E-state index contributed by atoms with van der Waals surface area (Å²) in [5.74, 6) is 1.04. The highest BCUT2D eigenvalue weighted by molar-refractivity contribution is 6.31. The van der Waals surface area contributed by atoms with Gasteiger partial charge in [0, 0.05) is 29.7 Å². The first-order valence-corrected chi connectivity index (χ1v) is 6.66. The van der Waals surface area contributed by atoms with Gasteiger partial charge in [-0.2, -0.15) is 0 Å². The predicted octanol–water partition coefficient (Wildman–Crippen LogP) is 3.67. The van der Waals surface area contributed by atoms with Crippen LogP contribution in [0.25, 0.3) is 0 Å². The molecule has 1 saturated heterocycles. The van der Waals surface area contributed by atoms with E-state index in [1.807, 2.05) is 6.07 Å². The lowest BCUT2D eigenvalue weighted by Gasteiger charge is -2.37. The summed E-state index contributed by atoms with van der Waals surface area (Å²) in [6.07, 6.45) is 2.53. The van der Waals surface area contributed by atoms with E-state index >= 15 is 0 Å². The minimum atomic E-state index is 0.308. The van der Waals surface area contributed by atoms with Gasteiger partial charge in [0.05, 0.1) is 0 Å². The maximum atomic E-state index is 9.86. The van der Waals surface area contributed by atoms with Gasteiger partial charge in [-0.3, -0.25) is 4.90 Å². The summed E-state index contributed by atoms with van der Waals surface area (Å²) >= 11 is 6.15. The van der Waals surface area contributed by atoms with Gasteiger partial charge in [-0.25, -0.2) is 0 Å². The molecule has 1 N–H and O–H groups in total. The van der Waals surface area contributed by atoms with Crippen LogP contribution in [0.5, 0.6) is 5.75 Å². The van der Waals surface area contributed by atoms with Gasteiger partial charge in [0.15, 0.2) is 0 Å². The number of hydrogen-bond donors (Lipinski definition) is 1. The van der Waals surface area contributed by atoms with Crippen LogP contribution in [-0.4, -0.2) is 22.6 Å². The second-order valence-electron chi connectivity index (χ2n) is 5.20. The predicted molar refractivity (Wildman–Crippen MR) is 71.4 cm³/mol. The zero-order valence-corrected chi connectivity index (χ0v) is 11.2. The molecule has 0 amide bonds. The normalized spacial score (nSPS) is 26.1. The molecule has 2 nitrogen and oxygen atoms in total. The lowest BCUT2D eigenvalue weighted by molar-refractivity contribution is 0.116. The Hall–Kier alpha value is -0.730. The van der Waals surface area contributed by atoms with Crippen LogP contribution < -0.4 is 0 Å². The largest absolute Gasteiger partial charge is 0.508 e. The number of likely N-dealkylation sites (tertiary alicyclic amines) is 1. The van der Waals surface area contributed by atoms with Crippen LogP contribution in [0.3, 0.4) is 0 Å². The van der Waals surface area contributed by atoms with Crippen molar-refractivity contribution < 1.29 is 5.11 Å². The summed E-state index contributed by atoms with van der Waals surface area (Å²) in [5, 5.41) is 10.5. The topological polar surface area (TPSA) is 23.5 Å². The monoisotopic (exact) mass is 253 g/mol. The number of phenolic OH excluding ortho intramolecular Hbond substituents is 1. The van der Waals surface area contributed by atoms with Crippen molar-refractivity contribution in [3.63, 3.8) is 0 Å². The summed E-state index contributed by atoms with van der Waals surface area (Å²) in [6.45, 7) is 6.37. The average molecular weight is 254 g/mol. The molecule has 0 aromatic heterocycles. The second-order valence-corrected chi connectivity index (χ2v) is 5.61. The first kappa shape index (κ1) is 12.7. The van der Waals surface area contributed by atoms with E-state index in [9.17, 15) is 5.11 Å². The molecule has 3 heteroatoms. The van der Waals surface area contributed by atoms with Gasteiger partial charge >= 0.3 is 0 Å². The number of benzene rings is 1. The quantitative estimate of drug-likeness (QED) is 0.870. The number of rotatable bonds is 2. The first-order chi connectivity index (χ1) is 8.08. The zero-order chi connectivity index (χ0) is 12.4. The molecule has 0 radical (unpaired) electrons. The molecule has 1 aliphatic rings. The number of aromatic hydroxyl groups is 1. The number of halogens is 1. The fourth-order valence-electron chi connectivity index (χ4n) is 2.51. The number of hydrogen-bond acceptors (Lipinski definition) is 2. The molecule has 2 unspecified atom stereocenters. The standard InChI is InChI=1S/C14H20ClNO/c1-10-6-7-11(2)16(8-10)9-12-13(15)4-3-5-14(12)17/h3-5,10-11,17H,6-9H2,1-2H3. The van der Waals surface area contributed by atoms with Crippen molar-refractivity contribution in [3.05, 3.63) is 28.8 Å². The van der Waals surface area contributed by atoms with Crippen molar-refractivity contribution in [1.82, 2.24) is 4.90 Å². The van der Waals surface area contributed by atoms with Gasteiger partial charge in [0.2, 0.25) is 0 Å². The maximum absolute atomic E-state index is 9.86. The van der Waals surface area contributed by atoms with E-state index in [-0.39, 0.29) is 0 Å². The molecule has 94 valence electrons. The van der Waals surface area contributed by atoms with E-state index in [0.717, 1.165) is 24.6 Å². The first-order valence-electron chi connectivity index (χ1n) is 6.28. The molecule has 1 aromatic carbocycles. The van der Waals surface area contributed by atoms with Crippen LogP contribution in [0.2, 0.25) is 5.02 Å². The summed E-state index contributed by atoms with van der Waals surface area (Å²) in [4.78, 5) is 2.41. The highest BCUT2D eigenvalue weighted by atomic mass is 35.5. The number of piperidine rings is 1. The van der Waals surface area contributed by atoms with Gasteiger partial charge in [0.1, 0.15) is 5.75 Å². The lowest BCUT2D eigenvalue weighted by atomic mass is 9.94. The minimum Gasteiger partial charge on any atom is -0.508 e. The Labute approximate surface area is 108 Å². The Morgan fingerprint density at radius 2 is 2.12 bits per heavy atom. The van der Waals surface area contributed by atoms with Crippen molar-refractivity contribution in [2.24, 2.45) is 5.92 Å². The molecular formula is C14H20ClNO. The molecule has 1 heterocycles. The molecule has 2 atom stereocenters. The highest BCUT2D eigenvalue weighted by Crippen LogP contribution is 2.30. The summed E-state index contributed by atoms with van der Waals surface area (Å²) in [6, 6.07) is 5.90. The Morgan fingerprint density at radius 3 is 2.82 bits per heavy atom. The van der Waals surface area contributed by atoms with Crippen molar-refractivity contribution in [1.29, 1.82) is 0 Å². The molecule has 1 aromatic rings. The maximum Gasteiger partial charge on any atom is 0.121 e. The SMILES string of the molecule is CC1CCC(C)N(Cc2c(O)cccc2Cl)C1. The third-order valence-electron chi connectivity index (χ3n) is 3.70. The van der Waals surface area contributed by atoms with Crippen LogP contribution in [0.4, 0.5) is 0 Å². The molecule has 0 aliphatic carbocycles. The highest BCUT2D eigenvalue weighted by Gasteiger charge is 2.24.